The summed E-state index contributed by atoms with van der Waals surface area (Å²) >= 11 is 5.93. The van der Waals surface area contributed by atoms with E-state index in [0.29, 0.717) is 5.02 Å². The van der Waals surface area contributed by atoms with Crippen molar-refractivity contribution in [3.05, 3.63) is 64.7 Å². The number of amides is 1. The number of carbonyl (C=O) groups is 1. The normalized spacial score (nSPS) is 16.4. The maximum Gasteiger partial charge on any atom is 0.264 e. The van der Waals surface area contributed by atoms with Crippen LogP contribution in [0, 0.1) is 6.92 Å². The fourth-order valence-corrected chi connectivity index (χ4v) is 4.01. The van der Waals surface area contributed by atoms with Crippen molar-refractivity contribution < 1.29 is 13.2 Å². The number of hydrogen-bond acceptors (Lipinski definition) is 5. The van der Waals surface area contributed by atoms with Crippen LogP contribution in [-0.2, 0) is 14.8 Å². The molecule has 2 aromatic carbocycles. The fourth-order valence-electron chi connectivity index (χ4n) is 2.95. The standard InChI is InChI=1S/C18H16ClN5O3S/c1-11-2-8-14(9-3-11)28(26,27)23-17-21-18-20-16(25)10-15(24(18)22-17)12-4-6-13(19)7-5-12/h2-9,15H,10H2,1H3,(H2,20,21,22,23,25)/t15-/m1/s1. The van der Waals surface area contributed by atoms with E-state index in [1.54, 1.807) is 36.4 Å². The summed E-state index contributed by atoms with van der Waals surface area (Å²) in [4.78, 5) is 16.3. The van der Waals surface area contributed by atoms with Crippen molar-refractivity contribution >= 4 is 39.4 Å². The van der Waals surface area contributed by atoms with Crippen molar-refractivity contribution in [1.29, 1.82) is 0 Å². The van der Waals surface area contributed by atoms with Crippen LogP contribution in [0.25, 0.3) is 0 Å². The van der Waals surface area contributed by atoms with Crippen LogP contribution in [-0.4, -0.2) is 29.1 Å². The third kappa shape index (κ3) is 3.58. The van der Waals surface area contributed by atoms with Crippen LogP contribution >= 0.6 is 11.6 Å². The Morgan fingerprint density at radius 3 is 2.50 bits per heavy atom. The average molecular weight is 418 g/mol. The first-order chi connectivity index (χ1) is 13.3. The predicted molar refractivity (Wildman–Crippen MR) is 105 cm³/mol. The highest BCUT2D eigenvalue weighted by molar-refractivity contribution is 7.92. The third-order valence-electron chi connectivity index (χ3n) is 4.37. The second-order valence-electron chi connectivity index (χ2n) is 6.44. The Kier molecular flexibility index (Phi) is 4.56. The van der Waals surface area contributed by atoms with Gasteiger partial charge in [0.2, 0.25) is 11.9 Å². The Morgan fingerprint density at radius 1 is 1.14 bits per heavy atom. The molecule has 0 spiro atoms. The molecule has 1 amide bonds. The van der Waals surface area contributed by atoms with E-state index < -0.39 is 16.1 Å². The van der Waals surface area contributed by atoms with Crippen LogP contribution in [0.4, 0.5) is 11.9 Å². The lowest BCUT2D eigenvalue weighted by molar-refractivity contribution is -0.117. The molecule has 0 fully saturated rings. The Hall–Kier alpha value is -2.91. The van der Waals surface area contributed by atoms with Crippen molar-refractivity contribution in [3.63, 3.8) is 0 Å². The molecule has 0 aliphatic carbocycles. The van der Waals surface area contributed by atoms with E-state index in [4.69, 9.17) is 11.6 Å². The monoisotopic (exact) mass is 417 g/mol. The number of nitrogens with one attached hydrogen (secondary N) is 2. The number of hydrogen-bond donors (Lipinski definition) is 2. The van der Waals surface area contributed by atoms with Gasteiger partial charge in [-0.05, 0) is 36.8 Å². The molecule has 2 heterocycles. The minimum absolute atomic E-state index is 0.101. The zero-order valence-electron chi connectivity index (χ0n) is 14.8. The third-order valence-corrected chi connectivity index (χ3v) is 5.96. The highest BCUT2D eigenvalue weighted by atomic mass is 35.5. The minimum atomic E-state index is -3.85. The van der Waals surface area contributed by atoms with E-state index in [9.17, 15) is 13.2 Å². The Bertz CT molecular complexity index is 1140. The molecule has 0 saturated heterocycles. The van der Waals surface area contributed by atoms with Crippen LogP contribution < -0.4 is 10.0 Å². The van der Waals surface area contributed by atoms with E-state index >= 15 is 0 Å². The summed E-state index contributed by atoms with van der Waals surface area (Å²) in [6, 6.07) is 13.1. The molecular formula is C18H16ClN5O3S. The molecule has 2 N–H and O–H groups in total. The molecule has 28 heavy (non-hydrogen) atoms. The number of carbonyl (C=O) groups excluding carboxylic acids is 1. The van der Waals surface area contributed by atoms with Crippen molar-refractivity contribution in [3.8, 4) is 0 Å². The summed E-state index contributed by atoms with van der Waals surface area (Å²) in [6.45, 7) is 1.87. The lowest BCUT2D eigenvalue weighted by Crippen LogP contribution is -2.29. The molecule has 10 heteroatoms. The number of fused-ring (bicyclic) bond motifs is 1. The van der Waals surface area contributed by atoms with Gasteiger partial charge in [0.1, 0.15) is 0 Å². The molecule has 0 unspecified atom stereocenters. The van der Waals surface area contributed by atoms with Crippen molar-refractivity contribution in [2.45, 2.75) is 24.3 Å². The van der Waals surface area contributed by atoms with Gasteiger partial charge in [0.25, 0.3) is 16.0 Å². The van der Waals surface area contributed by atoms with Gasteiger partial charge >= 0.3 is 0 Å². The van der Waals surface area contributed by atoms with Crippen LogP contribution in [0.2, 0.25) is 5.02 Å². The Morgan fingerprint density at radius 2 is 1.82 bits per heavy atom. The second-order valence-corrected chi connectivity index (χ2v) is 8.56. The molecule has 0 radical (unpaired) electrons. The lowest BCUT2D eigenvalue weighted by atomic mass is 10.0. The van der Waals surface area contributed by atoms with E-state index in [2.05, 4.69) is 20.1 Å². The highest BCUT2D eigenvalue weighted by Crippen LogP contribution is 2.30. The lowest BCUT2D eigenvalue weighted by Gasteiger charge is -2.23. The van der Waals surface area contributed by atoms with Gasteiger partial charge in [-0.1, -0.05) is 41.4 Å². The topological polar surface area (TPSA) is 106 Å². The van der Waals surface area contributed by atoms with Crippen LogP contribution in [0.1, 0.15) is 23.6 Å². The van der Waals surface area contributed by atoms with Crippen molar-refractivity contribution in [1.82, 2.24) is 14.8 Å². The van der Waals surface area contributed by atoms with Gasteiger partial charge < -0.3 is 0 Å². The van der Waals surface area contributed by atoms with Gasteiger partial charge in [-0.25, -0.2) is 17.8 Å². The number of anilines is 2. The first kappa shape index (κ1) is 18.5. The molecule has 1 atom stereocenters. The molecule has 1 aromatic heterocycles. The average Bonchev–Trinajstić information content (AvgIpc) is 3.03. The summed E-state index contributed by atoms with van der Waals surface area (Å²) in [6.07, 6.45) is 0.155. The maximum atomic E-state index is 12.6. The van der Waals surface area contributed by atoms with Gasteiger partial charge in [-0.2, -0.15) is 4.98 Å². The molecule has 0 bridgehead atoms. The molecular weight excluding hydrogens is 402 g/mol. The highest BCUT2D eigenvalue weighted by Gasteiger charge is 2.30. The number of halogens is 1. The number of aryl methyl sites for hydroxylation is 1. The maximum absolute atomic E-state index is 12.6. The van der Waals surface area contributed by atoms with E-state index in [0.717, 1.165) is 11.1 Å². The van der Waals surface area contributed by atoms with Crippen molar-refractivity contribution in [2.75, 3.05) is 10.0 Å². The largest absolute Gasteiger partial charge is 0.295 e. The van der Waals surface area contributed by atoms with Crippen LogP contribution in [0.3, 0.4) is 0 Å². The number of nitrogens with zero attached hydrogens (tertiary/aromatic N) is 3. The molecule has 3 aromatic rings. The molecule has 1 aliphatic heterocycles. The summed E-state index contributed by atoms with van der Waals surface area (Å²) in [5, 5.41) is 7.45. The van der Waals surface area contributed by atoms with Gasteiger partial charge in [0, 0.05) is 5.02 Å². The first-order valence-corrected chi connectivity index (χ1v) is 10.3. The van der Waals surface area contributed by atoms with E-state index in [1.165, 1.54) is 16.8 Å². The SMILES string of the molecule is Cc1ccc(S(=O)(=O)Nc2nc3n(n2)[C@@H](c2ccc(Cl)cc2)CC(=O)N3)cc1. The first-order valence-electron chi connectivity index (χ1n) is 8.43. The zero-order valence-corrected chi connectivity index (χ0v) is 16.3. The Labute approximate surface area is 166 Å². The summed E-state index contributed by atoms with van der Waals surface area (Å²) in [7, 11) is -3.85. The smallest absolute Gasteiger partial charge is 0.264 e. The van der Waals surface area contributed by atoms with E-state index in [-0.39, 0.29) is 29.1 Å². The van der Waals surface area contributed by atoms with Crippen LogP contribution in [0.15, 0.2) is 53.4 Å². The van der Waals surface area contributed by atoms with Crippen LogP contribution in [0.5, 0.6) is 0 Å². The number of aromatic nitrogens is 3. The summed E-state index contributed by atoms with van der Waals surface area (Å²) in [5.74, 6) is -0.165. The summed E-state index contributed by atoms with van der Waals surface area (Å²) < 4.78 is 29.0. The zero-order chi connectivity index (χ0) is 19.9. The summed E-state index contributed by atoms with van der Waals surface area (Å²) in [5.41, 5.74) is 1.77. The second kappa shape index (κ2) is 6.92. The minimum Gasteiger partial charge on any atom is -0.295 e. The van der Waals surface area contributed by atoms with Crippen molar-refractivity contribution in [2.24, 2.45) is 0 Å². The van der Waals surface area contributed by atoms with Gasteiger partial charge in [0.05, 0.1) is 17.4 Å². The van der Waals surface area contributed by atoms with Gasteiger partial charge in [-0.3, -0.25) is 10.1 Å². The predicted octanol–water partition coefficient (Wildman–Crippen LogP) is 2.97. The quantitative estimate of drug-likeness (QED) is 0.678. The van der Waals surface area contributed by atoms with E-state index in [1.807, 2.05) is 6.92 Å². The Balaban J connectivity index is 1.67. The van der Waals surface area contributed by atoms with Gasteiger partial charge in [0.15, 0.2) is 0 Å². The molecule has 4 rings (SSSR count). The number of benzene rings is 2. The molecule has 1 aliphatic rings. The molecule has 0 saturated carbocycles. The molecule has 8 nitrogen and oxygen atoms in total. The molecule has 144 valence electrons. The fraction of sp³-hybridized carbons (Fsp3) is 0.167. The number of sulfonamides is 1. The van der Waals surface area contributed by atoms with Gasteiger partial charge in [-0.15, -0.1) is 5.10 Å². The number of rotatable bonds is 4.